The molecule has 1 aliphatic rings. The van der Waals surface area contributed by atoms with E-state index in [1.807, 2.05) is 35.0 Å². The van der Waals surface area contributed by atoms with Gasteiger partial charge < -0.3 is 18.9 Å². The Kier molecular flexibility index (Phi) is 6.62. The van der Waals surface area contributed by atoms with Gasteiger partial charge in [-0.2, -0.15) is 0 Å². The zero-order valence-electron chi connectivity index (χ0n) is 17.5. The molecule has 31 heavy (non-hydrogen) atoms. The summed E-state index contributed by atoms with van der Waals surface area (Å²) in [6.07, 6.45) is 5.58. The molecule has 0 spiro atoms. The van der Waals surface area contributed by atoms with E-state index >= 15 is 0 Å². The van der Waals surface area contributed by atoms with Crippen molar-refractivity contribution in [3.63, 3.8) is 0 Å². The van der Waals surface area contributed by atoms with Gasteiger partial charge in [0.2, 0.25) is 0 Å². The normalized spacial score (nSPS) is 15.7. The fourth-order valence-electron chi connectivity index (χ4n) is 3.76. The molecule has 1 aliphatic heterocycles. The lowest BCUT2D eigenvalue weighted by molar-refractivity contribution is 0.0499. The maximum Gasteiger partial charge on any atom is 0.254 e. The molecule has 1 aromatic heterocycles. The molecule has 0 N–H and O–H groups in total. The summed E-state index contributed by atoms with van der Waals surface area (Å²) in [6, 6.07) is 13.5. The molecular formula is C24H26FN3O3. The molecule has 1 amide bonds. The Labute approximate surface area is 181 Å². The van der Waals surface area contributed by atoms with Crippen molar-refractivity contribution < 1.29 is 18.7 Å². The van der Waals surface area contributed by atoms with Crippen LogP contribution in [-0.4, -0.2) is 46.7 Å². The summed E-state index contributed by atoms with van der Waals surface area (Å²) in [7, 11) is 1.64. The molecule has 0 radical (unpaired) electrons. The lowest BCUT2D eigenvalue weighted by Gasteiger charge is -2.25. The fourth-order valence-corrected chi connectivity index (χ4v) is 3.76. The highest BCUT2D eigenvalue weighted by Gasteiger charge is 2.25. The molecule has 1 atom stereocenters. The molecule has 6 nitrogen and oxygen atoms in total. The Morgan fingerprint density at radius 2 is 2.00 bits per heavy atom. The van der Waals surface area contributed by atoms with E-state index in [0.717, 1.165) is 36.6 Å². The number of carbonyl (C=O) groups is 1. The highest BCUT2D eigenvalue weighted by molar-refractivity contribution is 5.94. The Morgan fingerprint density at radius 1 is 1.23 bits per heavy atom. The van der Waals surface area contributed by atoms with Crippen molar-refractivity contribution in [2.45, 2.75) is 32.0 Å². The topological polar surface area (TPSA) is 56.6 Å². The highest BCUT2D eigenvalue weighted by atomic mass is 19.1. The first-order chi connectivity index (χ1) is 15.1. The zero-order chi connectivity index (χ0) is 21.6. The summed E-state index contributed by atoms with van der Waals surface area (Å²) in [5.74, 6) is 1.07. The van der Waals surface area contributed by atoms with Crippen LogP contribution in [0.1, 0.15) is 34.6 Å². The Bertz CT molecular complexity index is 996. The Balaban J connectivity index is 1.53. The van der Waals surface area contributed by atoms with E-state index in [1.54, 1.807) is 18.2 Å². The molecule has 2 aromatic carbocycles. The van der Waals surface area contributed by atoms with Crippen molar-refractivity contribution in [2.24, 2.45) is 0 Å². The lowest BCUT2D eigenvalue weighted by Crippen LogP contribution is -2.37. The third-order valence-corrected chi connectivity index (χ3v) is 5.47. The van der Waals surface area contributed by atoms with E-state index < -0.39 is 0 Å². The standard InChI is InChI=1S/C24H26FN3O3/c1-30-21-10-4-18(5-11-21)15-27-13-12-26-23(27)17-28(16-22-3-2-14-31-22)24(29)19-6-8-20(25)9-7-19/h4-13,22H,2-3,14-17H2,1H3/t22-/m0/s1. The fraction of sp³-hybridized carbons (Fsp3) is 0.333. The van der Waals surface area contributed by atoms with E-state index in [9.17, 15) is 9.18 Å². The number of halogens is 1. The molecule has 1 fully saturated rings. The zero-order valence-corrected chi connectivity index (χ0v) is 17.5. The predicted octanol–water partition coefficient (Wildman–Crippen LogP) is 3.90. The number of methoxy groups -OCH3 is 1. The van der Waals surface area contributed by atoms with Crippen LogP contribution in [0, 0.1) is 5.82 Å². The molecule has 0 unspecified atom stereocenters. The van der Waals surface area contributed by atoms with Crippen LogP contribution in [0.4, 0.5) is 4.39 Å². The molecule has 1 saturated heterocycles. The average molecular weight is 423 g/mol. The highest BCUT2D eigenvalue weighted by Crippen LogP contribution is 2.18. The summed E-state index contributed by atoms with van der Waals surface area (Å²) in [5.41, 5.74) is 1.56. The maximum absolute atomic E-state index is 13.3. The van der Waals surface area contributed by atoms with E-state index in [1.165, 1.54) is 24.3 Å². The summed E-state index contributed by atoms with van der Waals surface area (Å²) in [5, 5.41) is 0. The third kappa shape index (κ3) is 5.30. The minimum Gasteiger partial charge on any atom is -0.497 e. The van der Waals surface area contributed by atoms with Gasteiger partial charge in [-0.25, -0.2) is 9.37 Å². The maximum atomic E-state index is 13.3. The number of ether oxygens (including phenoxy) is 2. The number of carbonyl (C=O) groups excluding carboxylic acids is 1. The SMILES string of the molecule is COc1ccc(Cn2ccnc2CN(C[C@@H]2CCCO2)C(=O)c2ccc(F)cc2)cc1. The number of hydrogen-bond donors (Lipinski definition) is 0. The molecule has 162 valence electrons. The van der Waals surface area contributed by atoms with Crippen LogP contribution in [0.25, 0.3) is 0 Å². The summed E-state index contributed by atoms with van der Waals surface area (Å²) < 4.78 is 26.3. The summed E-state index contributed by atoms with van der Waals surface area (Å²) in [6.45, 7) is 2.18. The van der Waals surface area contributed by atoms with E-state index in [4.69, 9.17) is 9.47 Å². The quantitative estimate of drug-likeness (QED) is 0.551. The molecule has 0 aliphatic carbocycles. The van der Waals surface area contributed by atoms with E-state index in [0.29, 0.717) is 25.2 Å². The number of rotatable bonds is 8. The first-order valence-electron chi connectivity index (χ1n) is 10.4. The Morgan fingerprint density at radius 3 is 2.68 bits per heavy atom. The summed E-state index contributed by atoms with van der Waals surface area (Å²) >= 11 is 0. The van der Waals surface area contributed by atoms with Crippen molar-refractivity contribution in [3.8, 4) is 5.75 Å². The van der Waals surface area contributed by atoms with Gasteiger partial charge in [-0.05, 0) is 54.8 Å². The van der Waals surface area contributed by atoms with Gasteiger partial charge in [0.15, 0.2) is 0 Å². The van der Waals surface area contributed by atoms with Crippen LogP contribution in [0.2, 0.25) is 0 Å². The number of amides is 1. The summed E-state index contributed by atoms with van der Waals surface area (Å²) in [4.78, 5) is 19.4. The van der Waals surface area contributed by atoms with Crippen LogP contribution < -0.4 is 4.74 Å². The minimum absolute atomic E-state index is 0.00870. The van der Waals surface area contributed by atoms with Crippen molar-refractivity contribution >= 4 is 5.91 Å². The Hall–Kier alpha value is -3.19. The van der Waals surface area contributed by atoms with Gasteiger partial charge in [-0.1, -0.05) is 12.1 Å². The monoisotopic (exact) mass is 423 g/mol. The second kappa shape index (κ2) is 9.75. The van der Waals surface area contributed by atoms with Gasteiger partial charge in [-0.3, -0.25) is 4.79 Å². The number of imidazole rings is 1. The first-order valence-corrected chi connectivity index (χ1v) is 10.4. The largest absolute Gasteiger partial charge is 0.497 e. The molecule has 2 heterocycles. The van der Waals surface area contributed by atoms with Crippen LogP contribution in [-0.2, 0) is 17.8 Å². The van der Waals surface area contributed by atoms with Crippen molar-refractivity contribution in [3.05, 3.63) is 83.7 Å². The molecule has 3 aromatic rings. The molecule has 4 rings (SSSR count). The van der Waals surface area contributed by atoms with Gasteiger partial charge >= 0.3 is 0 Å². The number of nitrogens with zero attached hydrogens (tertiary/aromatic N) is 3. The van der Waals surface area contributed by atoms with Gasteiger partial charge in [0.05, 0.1) is 19.8 Å². The van der Waals surface area contributed by atoms with Gasteiger partial charge in [0.25, 0.3) is 5.91 Å². The molecule has 0 saturated carbocycles. The second-order valence-corrected chi connectivity index (χ2v) is 7.65. The van der Waals surface area contributed by atoms with Crippen LogP contribution >= 0.6 is 0 Å². The first kappa shape index (κ1) is 21.1. The van der Waals surface area contributed by atoms with E-state index in [2.05, 4.69) is 4.98 Å². The third-order valence-electron chi connectivity index (χ3n) is 5.47. The van der Waals surface area contributed by atoms with Crippen molar-refractivity contribution in [1.29, 1.82) is 0 Å². The van der Waals surface area contributed by atoms with Crippen LogP contribution in [0.15, 0.2) is 60.9 Å². The minimum atomic E-state index is -0.364. The van der Waals surface area contributed by atoms with Gasteiger partial charge in [-0.15, -0.1) is 0 Å². The molecule has 7 heteroatoms. The van der Waals surface area contributed by atoms with Gasteiger partial charge in [0.1, 0.15) is 17.4 Å². The molecule has 0 bridgehead atoms. The van der Waals surface area contributed by atoms with Crippen molar-refractivity contribution in [1.82, 2.24) is 14.5 Å². The van der Waals surface area contributed by atoms with Gasteiger partial charge in [0, 0.05) is 37.7 Å². The van der Waals surface area contributed by atoms with Crippen molar-refractivity contribution in [2.75, 3.05) is 20.3 Å². The number of aromatic nitrogens is 2. The van der Waals surface area contributed by atoms with Crippen LogP contribution in [0.5, 0.6) is 5.75 Å². The van der Waals surface area contributed by atoms with E-state index in [-0.39, 0.29) is 17.8 Å². The molecular weight excluding hydrogens is 397 g/mol. The number of hydrogen-bond acceptors (Lipinski definition) is 4. The average Bonchev–Trinajstić information content (AvgIpc) is 3.46. The number of benzene rings is 2. The predicted molar refractivity (Wildman–Crippen MR) is 114 cm³/mol. The van der Waals surface area contributed by atoms with Crippen LogP contribution in [0.3, 0.4) is 0 Å². The smallest absolute Gasteiger partial charge is 0.254 e. The second-order valence-electron chi connectivity index (χ2n) is 7.65. The lowest BCUT2D eigenvalue weighted by atomic mass is 10.1.